The zero-order valence-electron chi connectivity index (χ0n) is 12.2. The minimum atomic E-state index is -0.0389. The number of anilines is 1. The predicted octanol–water partition coefficient (Wildman–Crippen LogP) is 4.32. The second-order valence-corrected chi connectivity index (χ2v) is 6.03. The minimum Gasteiger partial charge on any atom is -0.493 e. The molecule has 0 fully saturated rings. The third-order valence-corrected chi connectivity index (χ3v) is 4.16. The number of ether oxygens (including phenoxy) is 1. The first-order chi connectivity index (χ1) is 10.1. The minimum absolute atomic E-state index is 0.0389. The normalized spacial score (nSPS) is 10.2. The summed E-state index contributed by atoms with van der Waals surface area (Å²) in [6.45, 7) is 4.48. The monoisotopic (exact) mass is 395 g/mol. The summed E-state index contributed by atoms with van der Waals surface area (Å²) >= 11 is 2.20. The Morgan fingerprint density at radius 3 is 2.62 bits per heavy atom. The Hall–Kier alpha value is -1.56. The summed E-state index contributed by atoms with van der Waals surface area (Å²) in [4.78, 5) is 11.9. The fourth-order valence-electron chi connectivity index (χ4n) is 1.84. The van der Waals surface area contributed by atoms with E-state index in [9.17, 15) is 4.79 Å². The summed E-state index contributed by atoms with van der Waals surface area (Å²) in [5, 5.41) is 2.89. The molecule has 0 aliphatic rings. The molecular weight excluding hydrogens is 377 g/mol. The zero-order valence-corrected chi connectivity index (χ0v) is 14.3. The van der Waals surface area contributed by atoms with Crippen LogP contribution in [0.25, 0.3) is 0 Å². The lowest BCUT2D eigenvalue weighted by Crippen LogP contribution is -2.15. The van der Waals surface area contributed by atoms with Crippen molar-refractivity contribution >= 4 is 34.2 Å². The Morgan fingerprint density at radius 1 is 1.14 bits per heavy atom. The van der Waals surface area contributed by atoms with Crippen molar-refractivity contribution in [3.63, 3.8) is 0 Å². The number of hydrogen-bond donors (Lipinski definition) is 1. The molecule has 0 saturated heterocycles. The average Bonchev–Trinajstić information content (AvgIpc) is 2.45. The van der Waals surface area contributed by atoms with Gasteiger partial charge >= 0.3 is 0 Å². The summed E-state index contributed by atoms with van der Waals surface area (Å²) in [5.74, 6) is 0.767. The van der Waals surface area contributed by atoms with Crippen LogP contribution in [-0.2, 0) is 4.79 Å². The quantitative estimate of drug-likeness (QED) is 0.767. The standard InChI is InChI=1S/C17H18INO2/c1-12-7-8-14(11-13(12)2)21-10-9-17(20)19-16-6-4-3-5-15(16)18/h3-8,11H,9-10H2,1-2H3,(H,19,20). The Kier molecular flexibility index (Phi) is 5.61. The molecule has 0 radical (unpaired) electrons. The summed E-state index contributed by atoms with van der Waals surface area (Å²) in [6.07, 6.45) is 0.331. The predicted molar refractivity (Wildman–Crippen MR) is 93.8 cm³/mol. The maximum absolute atomic E-state index is 11.9. The SMILES string of the molecule is Cc1ccc(OCCC(=O)Nc2ccccc2I)cc1C. The van der Waals surface area contributed by atoms with Crippen LogP contribution in [0.4, 0.5) is 5.69 Å². The van der Waals surface area contributed by atoms with E-state index in [1.54, 1.807) is 0 Å². The first kappa shape index (κ1) is 15.8. The van der Waals surface area contributed by atoms with Crippen LogP contribution in [0.3, 0.4) is 0 Å². The van der Waals surface area contributed by atoms with Gasteiger partial charge < -0.3 is 10.1 Å². The fraction of sp³-hybridized carbons (Fsp3) is 0.235. The Labute approximate surface area is 138 Å². The lowest BCUT2D eigenvalue weighted by Gasteiger charge is -2.09. The molecular formula is C17H18INO2. The number of nitrogens with one attached hydrogen (secondary N) is 1. The number of carbonyl (C=O) groups is 1. The molecule has 0 heterocycles. The van der Waals surface area contributed by atoms with Crippen molar-refractivity contribution in [2.45, 2.75) is 20.3 Å². The molecule has 0 aliphatic carbocycles. The smallest absolute Gasteiger partial charge is 0.227 e. The second-order valence-electron chi connectivity index (χ2n) is 4.87. The maximum atomic E-state index is 11.9. The van der Waals surface area contributed by atoms with Crippen molar-refractivity contribution in [3.05, 3.63) is 57.2 Å². The van der Waals surface area contributed by atoms with Crippen molar-refractivity contribution in [2.24, 2.45) is 0 Å². The molecule has 0 aliphatic heterocycles. The Bertz CT molecular complexity index is 640. The lowest BCUT2D eigenvalue weighted by atomic mass is 10.1. The van der Waals surface area contributed by atoms with Crippen LogP contribution in [0, 0.1) is 17.4 Å². The lowest BCUT2D eigenvalue weighted by molar-refractivity contribution is -0.116. The van der Waals surface area contributed by atoms with E-state index in [0.717, 1.165) is 15.0 Å². The summed E-state index contributed by atoms with van der Waals surface area (Å²) < 4.78 is 6.64. The van der Waals surface area contributed by atoms with Crippen LogP contribution in [0.15, 0.2) is 42.5 Å². The molecule has 2 aromatic rings. The summed E-state index contributed by atoms with van der Waals surface area (Å²) in [5.41, 5.74) is 3.27. The number of carbonyl (C=O) groups excluding carboxylic acids is 1. The van der Waals surface area contributed by atoms with E-state index in [1.807, 2.05) is 49.4 Å². The number of hydrogen-bond acceptors (Lipinski definition) is 2. The van der Waals surface area contributed by atoms with Crippen molar-refractivity contribution in [1.29, 1.82) is 0 Å². The van der Waals surface area contributed by atoms with Gasteiger partial charge in [0, 0.05) is 3.57 Å². The number of halogens is 1. The molecule has 2 rings (SSSR count). The third kappa shape index (κ3) is 4.74. The van der Waals surface area contributed by atoms with Gasteiger partial charge in [-0.25, -0.2) is 0 Å². The highest BCUT2D eigenvalue weighted by Crippen LogP contribution is 2.18. The molecule has 0 saturated carbocycles. The largest absolute Gasteiger partial charge is 0.493 e. The molecule has 3 nitrogen and oxygen atoms in total. The van der Waals surface area contributed by atoms with Crippen LogP contribution in [0.5, 0.6) is 5.75 Å². The number of para-hydroxylation sites is 1. The van der Waals surface area contributed by atoms with Crippen molar-refractivity contribution in [3.8, 4) is 5.75 Å². The van der Waals surface area contributed by atoms with Gasteiger partial charge in [-0.15, -0.1) is 0 Å². The molecule has 0 unspecified atom stereocenters. The van der Waals surface area contributed by atoms with E-state index in [-0.39, 0.29) is 5.91 Å². The molecule has 4 heteroatoms. The molecule has 2 aromatic carbocycles. The molecule has 0 atom stereocenters. The van der Waals surface area contributed by atoms with Crippen LogP contribution < -0.4 is 10.1 Å². The maximum Gasteiger partial charge on any atom is 0.227 e. The summed E-state index contributed by atoms with van der Waals surface area (Å²) in [6, 6.07) is 13.7. The van der Waals surface area contributed by atoms with E-state index in [0.29, 0.717) is 13.0 Å². The van der Waals surface area contributed by atoms with Crippen LogP contribution >= 0.6 is 22.6 Å². The number of amides is 1. The van der Waals surface area contributed by atoms with Gasteiger partial charge in [0.05, 0.1) is 18.7 Å². The van der Waals surface area contributed by atoms with Gasteiger partial charge in [-0.05, 0) is 71.8 Å². The van der Waals surface area contributed by atoms with Gasteiger partial charge in [-0.2, -0.15) is 0 Å². The first-order valence-electron chi connectivity index (χ1n) is 6.80. The number of rotatable bonds is 5. The molecule has 1 amide bonds. The highest BCUT2D eigenvalue weighted by molar-refractivity contribution is 14.1. The van der Waals surface area contributed by atoms with Crippen LogP contribution in [0.1, 0.15) is 17.5 Å². The first-order valence-corrected chi connectivity index (χ1v) is 7.88. The highest BCUT2D eigenvalue weighted by Gasteiger charge is 2.05. The average molecular weight is 395 g/mol. The molecule has 21 heavy (non-hydrogen) atoms. The second kappa shape index (κ2) is 7.45. The van der Waals surface area contributed by atoms with E-state index in [1.165, 1.54) is 11.1 Å². The van der Waals surface area contributed by atoms with Gasteiger partial charge in [0.25, 0.3) is 0 Å². The van der Waals surface area contributed by atoms with Crippen molar-refractivity contribution in [1.82, 2.24) is 0 Å². The van der Waals surface area contributed by atoms with Gasteiger partial charge in [-0.1, -0.05) is 18.2 Å². The topological polar surface area (TPSA) is 38.3 Å². The van der Waals surface area contributed by atoms with Crippen LogP contribution in [-0.4, -0.2) is 12.5 Å². The van der Waals surface area contributed by atoms with E-state index in [2.05, 4.69) is 34.8 Å². The molecule has 110 valence electrons. The zero-order chi connectivity index (χ0) is 15.2. The van der Waals surface area contributed by atoms with Crippen LogP contribution in [0.2, 0.25) is 0 Å². The number of aryl methyl sites for hydroxylation is 2. The van der Waals surface area contributed by atoms with Gasteiger partial charge in [0.1, 0.15) is 5.75 Å². The Morgan fingerprint density at radius 2 is 1.90 bits per heavy atom. The summed E-state index contributed by atoms with van der Waals surface area (Å²) in [7, 11) is 0. The highest BCUT2D eigenvalue weighted by atomic mass is 127. The van der Waals surface area contributed by atoms with Crippen molar-refractivity contribution in [2.75, 3.05) is 11.9 Å². The third-order valence-electron chi connectivity index (χ3n) is 3.22. The van der Waals surface area contributed by atoms with Gasteiger partial charge in [0.15, 0.2) is 0 Å². The molecule has 0 spiro atoms. The Balaban J connectivity index is 1.82. The molecule has 1 N–H and O–H groups in total. The van der Waals surface area contributed by atoms with E-state index in [4.69, 9.17) is 4.74 Å². The van der Waals surface area contributed by atoms with Gasteiger partial charge in [0.2, 0.25) is 5.91 Å². The van der Waals surface area contributed by atoms with Gasteiger partial charge in [-0.3, -0.25) is 4.79 Å². The van der Waals surface area contributed by atoms with E-state index < -0.39 is 0 Å². The molecule has 0 aromatic heterocycles. The fourth-order valence-corrected chi connectivity index (χ4v) is 2.36. The van der Waals surface area contributed by atoms with Crippen molar-refractivity contribution < 1.29 is 9.53 Å². The van der Waals surface area contributed by atoms with E-state index >= 15 is 0 Å². The number of benzene rings is 2. The molecule has 0 bridgehead atoms.